The summed E-state index contributed by atoms with van der Waals surface area (Å²) in [5.41, 5.74) is 0.336. The number of hydrogen-bond acceptors (Lipinski definition) is 3. The fourth-order valence-corrected chi connectivity index (χ4v) is 3.38. The first-order valence-corrected chi connectivity index (χ1v) is 9.27. The fourth-order valence-electron chi connectivity index (χ4n) is 3.38. The average molecular weight is 399 g/mol. The van der Waals surface area contributed by atoms with Gasteiger partial charge in [-0.2, -0.15) is 18.4 Å². The summed E-state index contributed by atoms with van der Waals surface area (Å²) in [7, 11) is 0. The molecule has 1 aliphatic heterocycles. The first-order valence-electron chi connectivity index (χ1n) is 9.27. The molecule has 1 fully saturated rings. The number of anilines is 1. The molecule has 1 aliphatic rings. The van der Waals surface area contributed by atoms with Crippen LogP contribution in [0, 0.1) is 11.3 Å². The van der Waals surface area contributed by atoms with E-state index in [1.165, 1.54) is 29.2 Å². The van der Waals surface area contributed by atoms with Gasteiger partial charge in [0, 0.05) is 32.3 Å². The third-order valence-corrected chi connectivity index (χ3v) is 4.83. The highest BCUT2D eigenvalue weighted by atomic mass is 19.4. The number of halogens is 3. The zero-order valence-electron chi connectivity index (χ0n) is 15.7. The van der Waals surface area contributed by atoms with Crippen molar-refractivity contribution in [2.24, 2.45) is 0 Å². The first kappa shape index (κ1) is 20.5. The molecular formula is C22H20F3N3O. The average Bonchev–Trinajstić information content (AvgIpc) is 2.98. The van der Waals surface area contributed by atoms with Gasteiger partial charge < -0.3 is 9.80 Å². The number of carbonyl (C=O) groups excluding carboxylic acids is 1. The van der Waals surface area contributed by atoms with Crippen molar-refractivity contribution in [1.29, 1.82) is 5.26 Å². The molecule has 150 valence electrons. The Morgan fingerprint density at radius 2 is 1.66 bits per heavy atom. The summed E-state index contributed by atoms with van der Waals surface area (Å²) < 4.78 is 40.5. The highest BCUT2D eigenvalue weighted by Crippen LogP contribution is 2.34. The van der Waals surface area contributed by atoms with Crippen molar-refractivity contribution in [1.82, 2.24) is 4.90 Å². The molecule has 1 amide bonds. The van der Waals surface area contributed by atoms with Crippen LogP contribution in [0.5, 0.6) is 0 Å². The van der Waals surface area contributed by atoms with E-state index < -0.39 is 17.7 Å². The molecule has 0 N–H and O–H groups in total. The molecule has 0 atom stereocenters. The monoisotopic (exact) mass is 399 g/mol. The van der Waals surface area contributed by atoms with Gasteiger partial charge in [-0.25, -0.2) is 0 Å². The molecule has 2 aromatic rings. The van der Waals surface area contributed by atoms with Gasteiger partial charge in [0.25, 0.3) is 0 Å². The summed E-state index contributed by atoms with van der Waals surface area (Å²) in [6.45, 7) is 1.72. The largest absolute Gasteiger partial charge is 0.417 e. The minimum absolute atomic E-state index is 0.0345. The molecule has 0 spiro atoms. The molecule has 1 saturated heterocycles. The summed E-state index contributed by atoms with van der Waals surface area (Å²) >= 11 is 0. The lowest BCUT2D eigenvalue weighted by molar-refractivity contribution is -0.126. The maximum absolute atomic E-state index is 13.5. The minimum Gasteiger partial charge on any atom is -0.369 e. The third kappa shape index (κ3) is 4.96. The number of rotatable bonds is 3. The molecule has 0 unspecified atom stereocenters. The van der Waals surface area contributed by atoms with Crippen LogP contribution in [0.1, 0.15) is 17.5 Å². The number of amides is 1. The van der Waals surface area contributed by atoms with Crippen molar-refractivity contribution in [3.05, 3.63) is 71.8 Å². The molecule has 1 heterocycles. The van der Waals surface area contributed by atoms with E-state index in [4.69, 9.17) is 0 Å². The number of para-hydroxylation sites is 1. The predicted octanol–water partition coefficient (Wildman–Crippen LogP) is 4.24. The molecule has 3 rings (SSSR count). The van der Waals surface area contributed by atoms with Crippen molar-refractivity contribution in [2.45, 2.75) is 12.6 Å². The molecule has 0 radical (unpaired) electrons. The predicted molar refractivity (Wildman–Crippen MR) is 105 cm³/mol. The number of hydrogen-bond donors (Lipinski definition) is 0. The normalized spacial score (nSPS) is 15.6. The van der Waals surface area contributed by atoms with E-state index in [2.05, 4.69) is 6.07 Å². The maximum atomic E-state index is 13.5. The minimum atomic E-state index is -4.62. The van der Waals surface area contributed by atoms with E-state index in [0.29, 0.717) is 37.7 Å². The zero-order valence-corrected chi connectivity index (χ0v) is 15.7. The zero-order chi connectivity index (χ0) is 20.9. The Morgan fingerprint density at radius 3 is 2.34 bits per heavy atom. The molecular weight excluding hydrogens is 379 g/mol. The van der Waals surface area contributed by atoms with Gasteiger partial charge in [0.1, 0.15) is 6.07 Å². The molecule has 29 heavy (non-hydrogen) atoms. The van der Waals surface area contributed by atoms with Crippen molar-refractivity contribution >= 4 is 17.2 Å². The molecule has 0 aliphatic carbocycles. The van der Waals surface area contributed by atoms with Crippen molar-refractivity contribution in [3.8, 4) is 6.07 Å². The van der Waals surface area contributed by atoms with Gasteiger partial charge in [0.15, 0.2) is 0 Å². The van der Waals surface area contributed by atoms with Gasteiger partial charge >= 0.3 is 6.18 Å². The summed E-state index contributed by atoms with van der Waals surface area (Å²) in [6.07, 6.45) is -3.33. The molecule has 0 saturated carbocycles. The van der Waals surface area contributed by atoms with E-state index in [0.717, 1.165) is 5.69 Å². The number of nitriles is 1. The van der Waals surface area contributed by atoms with Crippen molar-refractivity contribution in [2.75, 3.05) is 31.1 Å². The van der Waals surface area contributed by atoms with Crippen LogP contribution < -0.4 is 4.90 Å². The van der Waals surface area contributed by atoms with Crippen LogP contribution in [0.15, 0.2) is 60.7 Å². The summed E-state index contributed by atoms with van der Waals surface area (Å²) in [5.74, 6) is -0.656. The molecule has 2 aromatic carbocycles. The quantitative estimate of drug-likeness (QED) is 0.726. The molecule has 7 heteroatoms. The number of nitrogens with zero attached hydrogens (tertiary/aromatic N) is 3. The topological polar surface area (TPSA) is 47.3 Å². The van der Waals surface area contributed by atoms with Crippen LogP contribution in [0.2, 0.25) is 0 Å². The van der Waals surface area contributed by atoms with E-state index in [-0.39, 0.29) is 12.1 Å². The van der Waals surface area contributed by atoms with Gasteiger partial charge in [-0.1, -0.05) is 42.5 Å². The second-order valence-corrected chi connectivity index (χ2v) is 6.72. The van der Waals surface area contributed by atoms with E-state index in [1.807, 2.05) is 17.0 Å². The number of carbonyl (C=O) groups is 1. The summed E-state index contributed by atoms with van der Waals surface area (Å²) in [6, 6.07) is 16.7. The second kappa shape index (κ2) is 8.82. The SMILES string of the molecule is N#Cc1ccccc1N1CCCN(C(=O)C=C(c2ccccc2)C(F)(F)F)CC1. The Kier molecular flexibility index (Phi) is 6.23. The smallest absolute Gasteiger partial charge is 0.369 e. The number of allylic oxidation sites excluding steroid dienone is 1. The Bertz CT molecular complexity index is 932. The van der Waals surface area contributed by atoms with Crippen LogP contribution in [0.25, 0.3) is 5.57 Å². The Morgan fingerprint density at radius 1 is 0.966 bits per heavy atom. The lowest BCUT2D eigenvalue weighted by Crippen LogP contribution is -2.35. The van der Waals surface area contributed by atoms with Crippen LogP contribution in [0.3, 0.4) is 0 Å². The molecule has 0 aromatic heterocycles. The Balaban J connectivity index is 1.78. The third-order valence-electron chi connectivity index (χ3n) is 4.83. The van der Waals surface area contributed by atoms with Gasteiger partial charge in [-0.3, -0.25) is 4.79 Å². The van der Waals surface area contributed by atoms with E-state index in [1.54, 1.807) is 18.2 Å². The second-order valence-electron chi connectivity index (χ2n) is 6.72. The molecule has 4 nitrogen and oxygen atoms in total. The highest BCUT2D eigenvalue weighted by Gasteiger charge is 2.35. The van der Waals surface area contributed by atoms with E-state index in [9.17, 15) is 23.2 Å². The fraction of sp³-hybridized carbons (Fsp3) is 0.273. The first-order chi connectivity index (χ1) is 13.9. The van der Waals surface area contributed by atoms with Crippen LogP contribution in [-0.4, -0.2) is 43.2 Å². The van der Waals surface area contributed by atoms with Crippen molar-refractivity contribution < 1.29 is 18.0 Å². The number of alkyl halides is 3. The maximum Gasteiger partial charge on any atom is 0.417 e. The van der Waals surface area contributed by atoms with Gasteiger partial charge in [0.05, 0.1) is 16.8 Å². The van der Waals surface area contributed by atoms with Gasteiger partial charge in [-0.05, 0) is 24.1 Å². The van der Waals surface area contributed by atoms with Crippen LogP contribution >= 0.6 is 0 Å². The van der Waals surface area contributed by atoms with Crippen molar-refractivity contribution in [3.63, 3.8) is 0 Å². The highest BCUT2D eigenvalue weighted by molar-refractivity contribution is 5.96. The molecule has 0 bridgehead atoms. The lowest BCUT2D eigenvalue weighted by Gasteiger charge is -2.24. The van der Waals surface area contributed by atoms with Crippen LogP contribution in [-0.2, 0) is 4.79 Å². The Hall–Kier alpha value is -3.27. The standard InChI is InChI=1S/C22H20F3N3O/c23-22(24,25)19(17-7-2-1-3-8-17)15-21(29)28-12-6-11-27(13-14-28)20-10-5-4-9-18(20)16-26/h1-5,7-10,15H,6,11-14H2. The van der Waals surface area contributed by atoms with Gasteiger partial charge in [0.2, 0.25) is 5.91 Å². The summed E-state index contributed by atoms with van der Waals surface area (Å²) in [4.78, 5) is 16.1. The lowest BCUT2D eigenvalue weighted by atomic mass is 10.0. The van der Waals surface area contributed by atoms with E-state index >= 15 is 0 Å². The number of benzene rings is 2. The summed E-state index contributed by atoms with van der Waals surface area (Å²) in [5, 5.41) is 9.29. The van der Waals surface area contributed by atoms with Gasteiger partial charge in [-0.15, -0.1) is 0 Å². The van der Waals surface area contributed by atoms with Crippen LogP contribution in [0.4, 0.5) is 18.9 Å². The Labute approximate surface area is 167 Å².